The summed E-state index contributed by atoms with van der Waals surface area (Å²) in [4.78, 5) is 28.3. The van der Waals surface area contributed by atoms with Crippen LogP contribution < -0.4 is 5.32 Å². The van der Waals surface area contributed by atoms with E-state index in [0.717, 1.165) is 16.7 Å². The Labute approximate surface area is 210 Å². The molecular weight excluding hydrogens is 467 g/mol. The van der Waals surface area contributed by atoms with Gasteiger partial charge >= 0.3 is 0 Å². The van der Waals surface area contributed by atoms with Gasteiger partial charge in [-0.15, -0.1) is 0 Å². The maximum atomic E-state index is 13.5. The molecule has 176 valence electrons. The highest BCUT2D eigenvalue weighted by Crippen LogP contribution is 2.26. The Morgan fingerprint density at radius 3 is 2.21 bits per heavy atom. The van der Waals surface area contributed by atoms with Gasteiger partial charge in [0.25, 0.3) is 11.8 Å². The van der Waals surface area contributed by atoms with Gasteiger partial charge in [-0.1, -0.05) is 70.7 Å². The lowest BCUT2D eigenvalue weighted by Gasteiger charge is -2.40. The number of piperidine rings is 1. The van der Waals surface area contributed by atoms with Gasteiger partial charge in [-0.05, 0) is 69.0 Å². The molecule has 1 N–H and O–H groups in total. The van der Waals surface area contributed by atoms with Crippen LogP contribution >= 0.6 is 23.2 Å². The number of amides is 2. The third kappa shape index (κ3) is 5.99. The number of benzene rings is 3. The molecule has 3 aromatic carbocycles. The predicted octanol–water partition coefficient (Wildman–Crippen LogP) is 6.26. The van der Waals surface area contributed by atoms with Crippen LogP contribution in [0.1, 0.15) is 50.2 Å². The molecule has 0 spiro atoms. The van der Waals surface area contributed by atoms with Crippen LogP contribution in [0, 0.1) is 13.8 Å². The average Bonchev–Trinajstić information content (AvgIpc) is 2.78. The van der Waals surface area contributed by atoms with Crippen molar-refractivity contribution in [3.05, 3.63) is 105 Å². The molecule has 4 nitrogen and oxygen atoms in total. The van der Waals surface area contributed by atoms with Crippen LogP contribution in [0.3, 0.4) is 0 Å². The standard InChI is InChI=1S/C28H28Cl2N2O2/c1-18-10-19(2)12-21(11-18)27(33)31-25-8-9-32(26(17-25)13-20-6-4-3-5-7-20)28(34)22-14-23(29)16-24(30)15-22/h3-7,10-12,14-16,25-26H,8-9,13,17H2,1-2H3,(H,31,33). The summed E-state index contributed by atoms with van der Waals surface area (Å²) in [5.41, 5.74) is 4.42. The Bertz CT molecular complexity index is 1160. The number of hydrogen-bond acceptors (Lipinski definition) is 2. The lowest BCUT2D eigenvalue weighted by molar-refractivity contribution is 0.0571. The van der Waals surface area contributed by atoms with E-state index in [9.17, 15) is 9.59 Å². The van der Waals surface area contributed by atoms with Crippen LogP contribution in [-0.2, 0) is 6.42 Å². The van der Waals surface area contributed by atoms with Gasteiger partial charge in [0.15, 0.2) is 0 Å². The Balaban J connectivity index is 1.54. The first-order valence-corrected chi connectivity index (χ1v) is 12.2. The van der Waals surface area contributed by atoms with Crippen LogP contribution in [0.2, 0.25) is 10.0 Å². The largest absolute Gasteiger partial charge is 0.349 e. The molecule has 2 atom stereocenters. The van der Waals surface area contributed by atoms with Crippen LogP contribution in [0.15, 0.2) is 66.7 Å². The Morgan fingerprint density at radius 1 is 0.912 bits per heavy atom. The number of hydrogen-bond donors (Lipinski definition) is 1. The van der Waals surface area contributed by atoms with Crippen molar-refractivity contribution < 1.29 is 9.59 Å². The van der Waals surface area contributed by atoms with Crippen LogP contribution in [0.25, 0.3) is 0 Å². The van der Waals surface area contributed by atoms with Gasteiger partial charge in [-0.25, -0.2) is 0 Å². The Morgan fingerprint density at radius 2 is 1.56 bits per heavy atom. The van der Waals surface area contributed by atoms with E-state index in [-0.39, 0.29) is 23.9 Å². The van der Waals surface area contributed by atoms with Crippen LogP contribution in [0.5, 0.6) is 0 Å². The number of rotatable bonds is 5. The molecule has 1 heterocycles. The summed E-state index contributed by atoms with van der Waals surface area (Å²) in [6, 6.07) is 20.8. The van der Waals surface area contributed by atoms with E-state index in [1.54, 1.807) is 18.2 Å². The van der Waals surface area contributed by atoms with Crippen LogP contribution in [-0.4, -0.2) is 35.3 Å². The van der Waals surface area contributed by atoms with Gasteiger partial charge in [-0.2, -0.15) is 0 Å². The number of nitrogens with one attached hydrogen (secondary N) is 1. The van der Waals surface area contributed by atoms with Gasteiger partial charge in [0, 0.05) is 39.8 Å². The molecule has 0 saturated carbocycles. The highest BCUT2D eigenvalue weighted by molar-refractivity contribution is 6.35. The lowest BCUT2D eigenvalue weighted by atomic mass is 9.91. The van der Waals surface area contributed by atoms with Gasteiger partial charge < -0.3 is 10.2 Å². The second kappa shape index (κ2) is 10.6. The fraction of sp³-hybridized carbons (Fsp3) is 0.286. The maximum Gasteiger partial charge on any atom is 0.254 e. The molecule has 1 aliphatic rings. The molecular formula is C28H28Cl2N2O2. The minimum atomic E-state index is -0.0931. The smallest absolute Gasteiger partial charge is 0.254 e. The van der Waals surface area contributed by atoms with E-state index in [2.05, 4.69) is 23.5 Å². The normalized spacial score (nSPS) is 17.9. The SMILES string of the molecule is Cc1cc(C)cc(C(=O)NC2CCN(C(=O)c3cc(Cl)cc(Cl)c3)C(Cc3ccccc3)C2)c1. The van der Waals surface area contributed by atoms with E-state index in [0.29, 0.717) is 47.0 Å². The van der Waals surface area contributed by atoms with E-state index in [1.807, 2.05) is 49.1 Å². The summed E-state index contributed by atoms with van der Waals surface area (Å²) in [5.74, 6) is -0.166. The van der Waals surface area contributed by atoms with Crippen molar-refractivity contribution in [1.82, 2.24) is 10.2 Å². The van der Waals surface area contributed by atoms with Gasteiger partial charge in [0.05, 0.1) is 0 Å². The molecule has 0 radical (unpaired) electrons. The molecule has 0 aromatic heterocycles. The maximum absolute atomic E-state index is 13.5. The minimum absolute atomic E-state index is 0.0194. The highest BCUT2D eigenvalue weighted by atomic mass is 35.5. The topological polar surface area (TPSA) is 49.4 Å². The molecule has 0 bridgehead atoms. The van der Waals surface area contributed by atoms with E-state index < -0.39 is 0 Å². The predicted molar refractivity (Wildman–Crippen MR) is 138 cm³/mol. The first-order chi connectivity index (χ1) is 16.3. The number of aryl methyl sites for hydroxylation is 2. The molecule has 2 unspecified atom stereocenters. The fourth-order valence-electron chi connectivity index (χ4n) is 4.75. The Hall–Kier alpha value is -2.82. The summed E-state index contributed by atoms with van der Waals surface area (Å²) in [7, 11) is 0. The Kier molecular flexibility index (Phi) is 7.60. The second-order valence-electron chi connectivity index (χ2n) is 9.07. The number of halogens is 2. The van der Waals surface area contributed by atoms with Crippen molar-refractivity contribution in [2.45, 2.75) is 45.2 Å². The van der Waals surface area contributed by atoms with Crippen molar-refractivity contribution in [2.24, 2.45) is 0 Å². The molecule has 3 aromatic rings. The van der Waals surface area contributed by atoms with Crippen molar-refractivity contribution in [1.29, 1.82) is 0 Å². The van der Waals surface area contributed by atoms with Gasteiger partial charge in [-0.3, -0.25) is 9.59 Å². The van der Waals surface area contributed by atoms with E-state index in [1.165, 1.54) is 0 Å². The fourth-order valence-corrected chi connectivity index (χ4v) is 5.27. The summed E-state index contributed by atoms with van der Waals surface area (Å²) in [6.07, 6.45) is 2.06. The molecule has 4 rings (SSSR count). The quantitative estimate of drug-likeness (QED) is 0.455. The van der Waals surface area contributed by atoms with Crippen molar-refractivity contribution in [3.63, 3.8) is 0 Å². The summed E-state index contributed by atoms with van der Waals surface area (Å²) < 4.78 is 0. The van der Waals surface area contributed by atoms with Crippen molar-refractivity contribution >= 4 is 35.0 Å². The summed E-state index contributed by atoms with van der Waals surface area (Å²) in [5, 5.41) is 4.08. The number of carbonyl (C=O) groups excluding carboxylic acids is 2. The first-order valence-electron chi connectivity index (χ1n) is 11.5. The number of carbonyl (C=O) groups is 2. The van der Waals surface area contributed by atoms with Crippen molar-refractivity contribution in [3.8, 4) is 0 Å². The van der Waals surface area contributed by atoms with Crippen molar-refractivity contribution in [2.75, 3.05) is 6.54 Å². The zero-order valence-corrected chi connectivity index (χ0v) is 20.9. The zero-order valence-electron chi connectivity index (χ0n) is 19.4. The number of likely N-dealkylation sites (tertiary alicyclic amines) is 1. The molecule has 1 fully saturated rings. The molecule has 34 heavy (non-hydrogen) atoms. The summed E-state index contributed by atoms with van der Waals surface area (Å²) >= 11 is 12.3. The first kappa shape index (κ1) is 24.3. The third-order valence-electron chi connectivity index (χ3n) is 6.22. The molecule has 2 amide bonds. The molecule has 1 saturated heterocycles. The van der Waals surface area contributed by atoms with Crippen LogP contribution in [0.4, 0.5) is 0 Å². The monoisotopic (exact) mass is 494 g/mol. The molecule has 1 aliphatic heterocycles. The zero-order chi connectivity index (χ0) is 24.2. The minimum Gasteiger partial charge on any atom is -0.349 e. The van der Waals surface area contributed by atoms with E-state index in [4.69, 9.17) is 23.2 Å². The van der Waals surface area contributed by atoms with Gasteiger partial charge in [0.2, 0.25) is 0 Å². The lowest BCUT2D eigenvalue weighted by Crippen LogP contribution is -2.52. The van der Waals surface area contributed by atoms with E-state index >= 15 is 0 Å². The molecule has 6 heteroatoms. The second-order valence-corrected chi connectivity index (χ2v) is 9.94. The molecule has 0 aliphatic carbocycles. The number of nitrogens with zero attached hydrogens (tertiary/aromatic N) is 1. The average molecular weight is 495 g/mol. The third-order valence-corrected chi connectivity index (χ3v) is 6.66. The highest BCUT2D eigenvalue weighted by Gasteiger charge is 2.33. The van der Waals surface area contributed by atoms with Gasteiger partial charge in [0.1, 0.15) is 0 Å². The summed E-state index contributed by atoms with van der Waals surface area (Å²) in [6.45, 7) is 4.52.